The van der Waals surface area contributed by atoms with Gasteiger partial charge in [-0.05, 0) is 49.7 Å². The second-order valence-corrected chi connectivity index (χ2v) is 5.82. The van der Waals surface area contributed by atoms with Crippen molar-refractivity contribution in [2.75, 3.05) is 5.32 Å². The molecule has 0 saturated carbocycles. The molecule has 3 rings (SSSR count). The van der Waals surface area contributed by atoms with Gasteiger partial charge in [0.2, 0.25) is 5.89 Å². The zero-order chi connectivity index (χ0) is 18.8. The first-order chi connectivity index (χ1) is 12.3. The summed E-state index contributed by atoms with van der Waals surface area (Å²) in [6.07, 6.45) is 0. The Kier molecular flexibility index (Phi) is 7.12. The van der Waals surface area contributed by atoms with E-state index in [2.05, 4.69) is 15.6 Å². The van der Waals surface area contributed by atoms with Crippen LogP contribution in [0.1, 0.15) is 12.5 Å². The predicted octanol–water partition coefficient (Wildman–Crippen LogP) is -0.794. The summed E-state index contributed by atoms with van der Waals surface area (Å²) in [6.45, 7) is 3.17. The number of fused-ring (bicyclic) bond motifs is 1. The first-order valence-corrected chi connectivity index (χ1v) is 7.79. The minimum absolute atomic E-state index is 0. The Morgan fingerprint density at radius 1 is 1.22 bits per heavy atom. The number of amides is 2. The van der Waals surface area contributed by atoms with Crippen molar-refractivity contribution in [1.82, 2.24) is 10.3 Å². The number of carboxylic acid groups (broad SMARTS) is 1. The van der Waals surface area contributed by atoms with Crippen molar-refractivity contribution < 1.29 is 74.9 Å². The maximum Gasteiger partial charge on any atom is 1.00 e. The number of aliphatic carboxylic acids is 1. The molecule has 2 N–H and O–H groups in total. The summed E-state index contributed by atoms with van der Waals surface area (Å²) in [6, 6.07) is 7.53. The summed E-state index contributed by atoms with van der Waals surface area (Å²) in [5.41, 5.74) is 2.58. The number of hydrogen-bond donors (Lipinski definition) is 2. The number of carboxylic acids is 1. The Morgan fingerprint density at radius 3 is 2.63 bits per heavy atom. The SMILES string of the molecule is Cc1ccc2oc(-c3ccc(NC(=O)N[C@@H](C)C(=O)[O-])c(F)c3)nc2c1.[K+]. The van der Waals surface area contributed by atoms with E-state index in [9.17, 15) is 19.1 Å². The standard InChI is InChI=1S/C18H16FN3O4.K/c1-9-3-6-15-14(7-9)21-16(26-15)11-4-5-13(12(19)8-11)22-18(25)20-10(2)17(23)24;/h3-8,10H,1-2H3,(H,23,24)(H2,20,22,25);/q;+1/p-1/t10-;/m0./s1. The second-order valence-electron chi connectivity index (χ2n) is 5.82. The number of aromatic nitrogens is 1. The third kappa shape index (κ3) is 5.14. The molecule has 0 fully saturated rings. The van der Waals surface area contributed by atoms with Gasteiger partial charge in [-0.2, -0.15) is 0 Å². The van der Waals surface area contributed by atoms with Gasteiger partial charge < -0.3 is 25.0 Å². The van der Waals surface area contributed by atoms with Crippen LogP contribution in [-0.4, -0.2) is 23.0 Å². The molecular weight excluding hydrogens is 380 g/mol. The topological polar surface area (TPSA) is 107 Å². The van der Waals surface area contributed by atoms with Gasteiger partial charge >= 0.3 is 57.4 Å². The Balaban J connectivity index is 0.00000261. The number of hydrogen-bond acceptors (Lipinski definition) is 5. The molecule has 2 amide bonds. The van der Waals surface area contributed by atoms with Crippen LogP contribution in [0.4, 0.5) is 14.9 Å². The number of benzene rings is 2. The average Bonchev–Trinajstić information content (AvgIpc) is 2.99. The molecule has 0 aliphatic rings. The molecule has 1 aromatic heterocycles. The zero-order valence-corrected chi connectivity index (χ0v) is 18.1. The van der Waals surface area contributed by atoms with E-state index in [1.165, 1.54) is 19.1 Å². The summed E-state index contributed by atoms with van der Waals surface area (Å²) in [5, 5.41) is 15.0. The molecule has 9 heteroatoms. The van der Waals surface area contributed by atoms with E-state index >= 15 is 0 Å². The van der Waals surface area contributed by atoms with Gasteiger partial charge in [-0.15, -0.1) is 0 Å². The maximum atomic E-state index is 14.3. The third-order valence-corrected chi connectivity index (χ3v) is 3.71. The van der Waals surface area contributed by atoms with Crippen molar-refractivity contribution in [2.45, 2.75) is 19.9 Å². The van der Waals surface area contributed by atoms with Gasteiger partial charge in [0.1, 0.15) is 11.3 Å². The van der Waals surface area contributed by atoms with Crippen molar-refractivity contribution in [1.29, 1.82) is 0 Å². The summed E-state index contributed by atoms with van der Waals surface area (Å²) in [7, 11) is 0. The molecule has 0 bridgehead atoms. The van der Waals surface area contributed by atoms with Crippen LogP contribution in [0.15, 0.2) is 40.8 Å². The Hall–Kier alpha value is -1.78. The Morgan fingerprint density at radius 2 is 1.96 bits per heavy atom. The number of carbonyl (C=O) groups excluding carboxylic acids is 2. The van der Waals surface area contributed by atoms with Gasteiger partial charge in [-0.3, -0.25) is 0 Å². The summed E-state index contributed by atoms with van der Waals surface area (Å²) in [5.74, 6) is -1.90. The van der Waals surface area contributed by atoms with Crippen LogP contribution in [0.2, 0.25) is 0 Å². The average molecular weight is 395 g/mol. The van der Waals surface area contributed by atoms with E-state index in [1.807, 2.05) is 19.1 Å². The third-order valence-electron chi connectivity index (χ3n) is 3.71. The molecule has 7 nitrogen and oxygen atoms in total. The largest absolute Gasteiger partial charge is 1.00 e. The molecule has 27 heavy (non-hydrogen) atoms. The molecule has 2 aromatic carbocycles. The Bertz CT molecular complexity index is 1010. The Labute approximate surface area is 196 Å². The van der Waals surface area contributed by atoms with Gasteiger partial charge in [0.15, 0.2) is 5.58 Å². The predicted molar refractivity (Wildman–Crippen MR) is 90.8 cm³/mol. The molecule has 0 saturated heterocycles. The van der Waals surface area contributed by atoms with Crippen molar-refractivity contribution in [3.8, 4) is 11.5 Å². The minimum Gasteiger partial charge on any atom is -0.548 e. The first-order valence-electron chi connectivity index (χ1n) is 7.79. The van der Waals surface area contributed by atoms with E-state index in [0.29, 0.717) is 16.7 Å². The van der Waals surface area contributed by atoms with Gasteiger partial charge in [0.25, 0.3) is 0 Å². The van der Waals surface area contributed by atoms with Crippen LogP contribution in [0.5, 0.6) is 0 Å². The smallest absolute Gasteiger partial charge is 0.548 e. The summed E-state index contributed by atoms with van der Waals surface area (Å²) >= 11 is 0. The number of rotatable bonds is 4. The molecular formula is C18H15FKN3O4. The number of urea groups is 1. The zero-order valence-electron chi connectivity index (χ0n) is 15.0. The fourth-order valence-corrected chi connectivity index (χ4v) is 2.32. The fraction of sp³-hybridized carbons (Fsp3) is 0.167. The second kappa shape index (κ2) is 8.94. The van der Waals surface area contributed by atoms with Crippen LogP contribution in [0, 0.1) is 12.7 Å². The van der Waals surface area contributed by atoms with E-state index in [-0.39, 0.29) is 63.0 Å². The van der Waals surface area contributed by atoms with Gasteiger partial charge in [-0.25, -0.2) is 14.2 Å². The maximum absolute atomic E-state index is 14.3. The van der Waals surface area contributed by atoms with Crippen molar-refractivity contribution in [3.63, 3.8) is 0 Å². The molecule has 0 spiro atoms. The number of nitrogens with one attached hydrogen (secondary N) is 2. The fourth-order valence-electron chi connectivity index (χ4n) is 2.32. The first kappa shape index (κ1) is 21.5. The summed E-state index contributed by atoms with van der Waals surface area (Å²) < 4.78 is 19.9. The van der Waals surface area contributed by atoms with Crippen molar-refractivity contribution in [2.24, 2.45) is 0 Å². The number of nitrogens with zero attached hydrogens (tertiary/aromatic N) is 1. The minimum atomic E-state index is -1.44. The number of aryl methyl sites for hydroxylation is 1. The molecule has 1 heterocycles. The van der Waals surface area contributed by atoms with E-state index in [1.54, 1.807) is 12.1 Å². The summed E-state index contributed by atoms with van der Waals surface area (Å²) in [4.78, 5) is 26.6. The monoisotopic (exact) mass is 395 g/mol. The van der Waals surface area contributed by atoms with Crippen molar-refractivity contribution in [3.05, 3.63) is 47.8 Å². The molecule has 3 aromatic rings. The van der Waals surface area contributed by atoms with Gasteiger partial charge in [-0.1, -0.05) is 6.07 Å². The quantitative estimate of drug-likeness (QED) is 0.563. The molecule has 1 atom stereocenters. The number of oxazole rings is 1. The van der Waals surface area contributed by atoms with Crippen molar-refractivity contribution >= 4 is 28.8 Å². The van der Waals surface area contributed by atoms with E-state index < -0.39 is 23.9 Å². The van der Waals surface area contributed by atoms with Crippen LogP contribution in [0.3, 0.4) is 0 Å². The van der Waals surface area contributed by atoms with Crippen LogP contribution >= 0.6 is 0 Å². The molecule has 134 valence electrons. The normalized spacial score (nSPS) is 11.5. The van der Waals surface area contributed by atoms with Crippen LogP contribution < -0.4 is 67.1 Å². The molecule has 0 aliphatic carbocycles. The van der Waals surface area contributed by atoms with Gasteiger partial charge in [0.05, 0.1) is 17.7 Å². The van der Waals surface area contributed by atoms with Gasteiger partial charge in [0, 0.05) is 5.56 Å². The number of halogens is 1. The number of carbonyl (C=O) groups is 2. The molecule has 0 unspecified atom stereocenters. The van der Waals surface area contributed by atoms with E-state index in [0.717, 1.165) is 5.56 Å². The molecule has 0 aliphatic heterocycles. The van der Waals surface area contributed by atoms with E-state index in [4.69, 9.17) is 4.42 Å². The molecule has 0 radical (unpaired) electrons. The van der Waals surface area contributed by atoms with Crippen LogP contribution in [0.25, 0.3) is 22.6 Å². The number of anilines is 1. The van der Waals surface area contributed by atoms with Crippen LogP contribution in [-0.2, 0) is 4.79 Å².